The lowest BCUT2D eigenvalue weighted by Crippen LogP contribution is -2.47. The van der Waals surface area contributed by atoms with Gasteiger partial charge in [-0.2, -0.15) is 0 Å². The molecule has 1 aromatic heterocycles. The van der Waals surface area contributed by atoms with Gasteiger partial charge in [0.1, 0.15) is 0 Å². The molecule has 1 saturated heterocycles. The zero-order valence-electron chi connectivity index (χ0n) is 14.7. The van der Waals surface area contributed by atoms with Gasteiger partial charge in [0.15, 0.2) is 0 Å². The Morgan fingerprint density at radius 2 is 1.68 bits per heavy atom. The normalized spacial score (nSPS) is 14.4. The monoisotopic (exact) mass is 339 g/mol. The second-order valence-corrected chi connectivity index (χ2v) is 6.22. The van der Waals surface area contributed by atoms with Crippen molar-refractivity contribution in [1.82, 2.24) is 9.97 Å². The van der Waals surface area contributed by atoms with Crippen molar-refractivity contribution in [2.45, 2.75) is 26.2 Å². The summed E-state index contributed by atoms with van der Waals surface area (Å²) in [6.07, 6.45) is 6.11. The van der Waals surface area contributed by atoms with Crippen LogP contribution in [0.5, 0.6) is 0 Å². The fraction of sp³-hybridized carbons (Fsp3) is 0.421. The average Bonchev–Trinajstić information content (AvgIpc) is 2.68. The predicted molar refractivity (Wildman–Crippen MR) is 101 cm³/mol. The summed E-state index contributed by atoms with van der Waals surface area (Å²) in [6.45, 7) is 5.76. The van der Waals surface area contributed by atoms with Gasteiger partial charge in [-0.15, -0.1) is 0 Å². The molecule has 1 amide bonds. The van der Waals surface area contributed by atoms with E-state index < -0.39 is 0 Å². The van der Waals surface area contributed by atoms with Gasteiger partial charge in [-0.25, -0.2) is 9.97 Å². The van der Waals surface area contributed by atoms with Gasteiger partial charge < -0.3 is 15.1 Å². The van der Waals surface area contributed by atoms with E-state index in [4.69, 9.17) is 0 Å². The van der Waals surface area contributed by atoms with Crippen molar-refractivity contribution in [1.29, 1.82) is 0 Å². The molecule has 1 N–H and O–H groups in total. The molecule has 1 aromatic carbocycles. The molecule has 2 aromatic rings. The van der Waals surface area contributed by atoms with Gasteiger partial charge in [0.2, 0.25) is 11.9 Å². The van der Waals surface area contributed by atoms with Crippen LogP contribution in [0, 0.1) is 0 Å². The highest BCUT2D eigenvalue weighted by molar-refractivity contribution is 5.90. The zero-order chi connectivity index (χ0) is 17.5. The lowest BCUT2D eigenvalue weighted by atomic mass is 10.2. The highest BCUT2D eigenvalue weighted by atomic mass is 16.1. The number of piperazine rings is 1. The van der Waals surface area contributed by atoms with E-state index in [2.05, 4.69) is 44.1 Å². The minimum absolute atomic E-state index is 0.0890. The third-order valence-corrected chi connectivity index (χ3v) is 4.39. The minimum atomic E-state index is 0.0890. The van der Waals surface area contributed by atoms with Crippen molar-refractivity contribution in [2.24, 2.45) is 0 Å². The molecule has 132 valence electrons. The molecule has 0 bridgehead atoms. The van der Waals surface area contributed by atoms with Gasteiger partial charge in [0.25, 0.3) is 0 Å². The average molecular weight is 339 g/mol. The number of carbonyl (C=O) groups is 1. The Morgan fingerprint density at radius 1 is 1.04 bits per heavy atom. The van der Waals surface area contributed by atoms with E-state index in [0.717, 1.165) is 50.7 Å². The highest BCUT2D eigenvalue weighted by Crippen LogP contribution is 2.20. The third-order valence-electron chi connectivity index (χ3n) is 4.39. The summed E-state index contributed by atoms with van der Waals surface area (Å²) in [7, 11) is 0. The van der Waals surface area contributed by atoms with Crippen molar-refractivity contribution < 1.29 is 4.79 Å². The smallest absolute Gasteiger partial charge is 0.225 e. The summed E-state index contributed by atoms with van der Waals surface area (Å²) in [4.78, 5) is 25.0. The molecule has 0 saturated carbocycles. The first kappa shape index (κ1) is 17.2. The second-order valence-electron chi connectivity index (χ2n) is 6.22. The van der Waals surface area contributed by atoms with E-state index >= 15 is 0 Å². The molecule has 1 fully saturated rings. The molecule has 3 rings (SSSR count). The third kappa shape index (κ3) is 4.68. The van der Waals surface area contributed by atoms with Crippen LogP contribution < -0.4 is 15.1 Å². The van der Waals surface area contributed by atoms with Crippen LogP contribution >= 0.6 is 0 Å². The van der Waals surface area contributed by atoms with Crippen LogP contribution in [0.2, 0.25) is 0 Å². The van der Waals surface area contributed by atoms with Crippen molar-refractivity contribution in [3.05, 3.63) is 42.7 Å². The molecule has 0 spiro atoms. The molecule has 0 aliphatic carbocycles. The summed E-state index contributed by atoms with van der Waals surface area (Å²) in [6, 6.07) is 9.94. The first-order chi connectivity index (χ1) is 12.3. The number of nitrogens with zero attached hydrogens (tertiary/aromatic N) is 4. The molecule has 1 aliphatic rings. The molecule has 25 heavy (non-hydrogen) atoms. The van der Waals surface area contributed by atoms with Gasteiger partial charge in [0, 0.05) is 56.4 Å². The standard InChI is InChI=1S/C19H25N5O/c1-2-3-5-18(25)22-16-6-8-17(9-7-16)23-12-14-24(15-13-23)19-20-10-4-11-21-19/h4,6-11H,2-3,5,12-15H2,1H3,(H,22,25). The number of unbranched alkanes of at least 4 members (excludes halogenated alkanes) is 1. The molecular weight excluding hydrogens is 314 g/mol. The van der Waals surface area contributed by atoms with Crippen LogP contribution in [-0.4, -0.2) is 42.1 Å². The Morgan fingerprint density at radius 3 is 2.32 bits per heavy atom. The van der Waals surface area contributed by atoms with Crippen LogP contribution in [0.4, 0.5) is 17.3 Å². The Kier molecular flexibility index (Phi) is 5.82. The summed E-state index contributed by atoms with van der Waals surface area (Å²) in [5.41, 5.74) is 2.04. The summed E-state index contributed by atoms with van der Waals surface area (Å²) < 4.78 is 0. The molecule has 0 atom stereocenters. The number of aromatic nitrogens is 2. The fourth-order valence-corrected chi connectivity index (χ4v) is 2.94. The van der Waals surface area contributed by atoms with Gasteiger partial charge >= 0.3 is 0 Å². The summed E-state index contributed by atoms with van der Waals surface area (Å²) in [5.74, 6) is 0.887. The van der Waals surface area contributed by atoms with Crippen LogP contribution in [-0.2, 0) is 4.79 Å². The Labute approximate surface area is 148 Å². The van der Waals surface area contributed by atoms with E-state index in [1.165, 1.54) is 5.69 Å². The van der Waals surface area contributed by atoms with Crippen LogP contribution in [0.3, 0.4) is 0 Å². The number of carbonyl (C=O) groups excluding carboxylic acids is 1. The lowest BCUT2D eigenvalue weighted by Gasteiger charge is -2.36. The molecule has 6 heteroatoms. The van der Waals surface area contributed by atoms with E-state index in [-0.39, 0.29) is 5.91 Å². The zero-order valence-corrected chi connectivity index (χ0v) is 14.7. The van der Waals surface area contributed by atoms with E-state index in [1.807, 2.05) is 18.2 Å². The van der Waals surface area contributed by atoms with Crippen molar-refractivity contribution in [3.8, 4) is 0 Å². The molecular formula is C19H25N5O. The fourth-order valence-electron chi connectivity index (χ4n) is 2.94. The van der Waals surface area contributed by atoms with Gasteiger partial charge in [0.05, 0.1) is 0 Å². The first-order valence-electron chi connectivity index (χ1n) is 8.93. The van der Waals surface area contributed by atoms with Gasteiger partial charge in [-0.05, 0) is 36.8 Å². The first-order valence-corrected chi connectivity index (χ1v) is 8.93. The molecule has 6 nitrogen and oxygen atoms in total. The number of hydrogen-bond donors (Lipinski definition) is 1. The van der Waals surface area contributed by atoms with Crippen LogP contribution in [0.1, 0.15) is 26.2 Å². The van der Waals surface area contributed by atoms with Gasteiger partial charge in [-0.1, -0.05) is 13.3 Å². The second kappa shape index (κ2) is 8.46. The van der Waals surface area contributed by atoms with Crippen molar-refractivity contribution in [2.75, 3.05) is 41.3 Å². The van der Waals surface area contributed by atoms with E-state index in [1.54, 1.807) is 12.4 Å². The Balaban J connectivity index is 1.52. The highest BCUT2D eigenvalue weighted by Gasteiger charge is 2.18. The molecule has 0 radical (unpaired) electrons. The number of anilines is 3. The maximum absolute atomic E-state index is 11.8. The maximum Gasteiger partial charge on any atom is 0.225 e. The van der Waals surface area contributed by atoms with Gasteiger partial charge in [-0.3, -0.25) is 4.79 Å². The number of rotatable bonds is 6. The molecule has 2 heterocycles. The lowest BCUT2D eigenvalue weighted by molar-refractivity contribution is -0.116. The maximum atomic E-state index is 11.8. The largest absolute Gasteiger partial charge is 0.368 e. The van der Waals surface area contributed by atoms with Crippen LogP contribution in [0.25, 0.3) is 0 Å². The minimum Gasteiger partial charge on any atom is -0.368 e. The number of benzene rings is 1. The van der Waals surface area contributed by atoms with E-state index in [9.17, 15) is 4.79 Å². The SMILES string of the molecule is CCCCC(=O)Nc1ccc(N2CCN(c3ncccn3)CC2)cc1. The molecule has 1 aliphatic heterocycles. The Bertz CT molecular complexity index is 666. The number of nitrogens with one attached hydrogen (secondary N) is 1. The molecule has 0 unspecified atom stereocenters. The van der Waals surface area contributed by atoms with Crippen molar-refractivity contribution >= 4 is 23.2 Å². The summed E-state index contributed by atoms with van der Waals surface area (Å²) >= 11 is 0. The van der Waals surface area contributed by atoms with E-state index in [0.29, 0.717) is 6.42 Å². The Hall–Kier alpha value is -2.63. The number of hydrogen-bond acceptors (Lipinski definition) is 5. The summed E-state index contributed by atoms with van der Waals surface area (Å²) in [5, 5.41) is 2.95. The number of amides is 1. The predicted octanol–water partition coefficient (Wildman–Crippen LogP) is 2.93. The van der Waals surface area contributed by atoms with Crippen molar-refractivity contribution in [3.63, 3.8) is 0 Å². The topological polar surface area (TPSA) is 61.4 Å². The quantitative estimate of drug-likeness (QED) is 0.877. The van der Waals surface area contributed by atoms with Crippen LogP contribution in [0.15, 0.2) is 42.7 Å².